The predicted octanol–water partition coefficient (Wildman–Crippen LogP) is 2.37. The Kier molecular flexibility index (Phi) is 7.61. The average molecular weight is 301 g/mol. The first kappa shape index (κ1) is 18.7. The van der Waals surface area contributed by atoms with Crippen LogP contribution < -0.4 is 10.5 Å². The van der Waals surface area contributed by atoms with E-state index in [1.807, 2.05) is 39.0 Å². The summed E-state index contributed by atoms with van der Waals surface area (Å²) in [6.45, 7) is 6.45. The van der Waals surface area contributed by atoms with Crippen LogP contribution in [0, 0.1) is 12.8 Å². The number of carbonyl (C=O) groups is 1. The summed E-state index contributed by atoms with van der Waals surface area (Å²) in [7, 11) is 3.43. The van der Waals surface area contributed by atoms with E-state index in [0.29, 0.717) is 6.54 Å². The summed E-state index contributed by atoms with van der Waals surface area (Å²) in [5.41, 5.74) is 8.02. The number of carbonyl (C=O) groups excluding carboxylic acids is 1. The molecule has 114 valence electrons. The lowest BCUT2D eigenvalue weighted by atomic mass is 10.0. The molecule has 0 unspecified atom stereocenters. The summed E-state index contributed by atoms with van der Waals surface area (Å²) in [4.78, 5) is 13.7. The number of nitrogens with zero attached hydrogens (tertiary/aromatic N) is 1. The quantitative estimate of drug-likeness (QED) is 0.908. The van der Waals surface area contributed by atoms with Gasteiger partial charge in [-0.25, -0.2) is 0 Å². The van der Waals surface area contributed by atoms with E-state index in [-0.39, 0.29) is 24.2 Å². The number of benzene rings is 1. The van der Waals surface area contributed by atoms with Crippen molar-refractivity contribution in [3.05, 3.63) is 29.3 Å². The molecule has 4 nitrogen and oxygen atoms in total. The largest absolute Gasteiger partial charge is 0.496 e. The fourth-order valence-corrected chi connectivity index (χ4v) is 1.93. The first-order valence-corrected chi connectivity index (χ1v) is 6.51. The molecule has 1 rings (SSSR count). The van der Waals surface area contributed by atoms with E-state index in [9.17, 15) is 4.79 Å². The van der Waals surface area contributed by atoms with Gasteiger partial charge >= 0.3 is 0 Å². The Balaban J connectivity index is 0.00000361. The Morgan fingerprint density at radius 1 is 1.40 bits per heavy atom. The van der Waals surface area contributed by atoms with Crippen LogP contribution in [0.25, 0.3) is 0 Å². The SMILES string of the molecule is COc1ccc(CN(C)C(=O)[C@@H](N)C(C)C)cc1C.Cl. The standard InChI is InChI=1S/C15H24N2O2.ClH/c1-10(2)14(16)15(18)17(4)9-12-6-7-13(19-5)11(3)8-12;/h6-8,10,14H,9,16H2,1-5H3;1H/t14-;/m0./s1. The van der Waals surface area contributed by atoms with Crippen LogP contribution in [0.3, 0.4) is 0 Å². The van der Waals surface area contributed by atoms with Crippen molar-refractivity contribution < 1.29 is 9.53 Å². The summed E-state index contributed by atoms with van der Waals surface area (Å²) in [5, 5.41) is 0. The second-order valence-electron chi connectivity index (χ2n) is 5.27. The Hall–Kier alpha value is -1.26. The molecule has 1 atom stereocenters. The maximum atomic E-state index is 12.1. The fraction of sp³-hybridized carbons (Fsp3) is 0.533. The summed E-state index contributed by atoms with van der Waals surface area (Å²) in [6, 6.07) is 5.48. The van der Waals surface area contributed by atoms with Crippen molar-refractivity contribution in [1.82, 2.24) is 4.90 Å². The average Bonchev–Trinajstić information content (AvgIpc) is 2.37. The van der Waals surface area contributed by atoms with Crippen LogP contribution in [-0.4, -0.2) is 31.0 Å². The number of hydrogen-bond acceptors (Lipinski definition) is 3. The molecule has 0 aliphatic carbocycles. The van der Waals surface area contributed by atoms with Gasteiger partial charge in [0.15, 0.2) is 0 Å². The maximum Gasteiger partial charge on any atom is 0.239 e. The smallest absolute Gasteiger partial charge is 0.239 e. The summed E-state index contributed by atoms with van der Waals surface area (Å²) in [6.07, 6.45) is 0. The molecule has 0 spiro atoms. The number of likely N-dealkylation sites (N-methyl/N-ethyl adjacent to an activating group) is 1. The van der Waals surface area contributed by atoms with Gasteiger partial charge in [-0.2, -0.15) is 0 Å². The van der Waals surface area contributed by atoms with Crippen LogP contribution in [0.2, 0.25) is 0 Å². The number of nitrogens with two attached hydrogens (primary N) is 1. The highest BCUT2D eigenvalue weighted by Gasteiger charge is 2.21. The van der Waals surface area contributed by atoms with Crippen LogP contribution >= 0.6 is 12.4 Å². The molecule has 0 saturated heterocycles. The molecule has 0 radical (unpaired) electrons. The number of hydrogen-bond donors (Lipinski definition) is 1. The maximum absolute atomic E-state index is 12.1. The molecule has 0 bridgehead atoms. The highest BCUT2D eigenvalue weighted by Crippen LogP contribution is 2.19. The number of aryl methyl sites for hydroxylation is 1. The molecule has 5 heteroatoms. The van der Waals surface area contributed by atoms with E-state index in [4.69, 9.17) is 10.5 Å². The molecule has 0 fully saturated rings. The Bertz CT molecular complexity index is 449. The molecule has 0 aromatic heterocycles. The summed E-state index contributed by atoms with van der Waals surface area (Å²) >= 11 is 0. The van der Waals surface area contributed by atoms with E-state index in [0.717, 1.165) is 16.9 Å². The number of ether oxygens (including phenoxy) is 1. The zero-order chi connectivity index (χ0) is 14.6. The normalized spacial score (nSPS) is 11.8. The van der Waals surface area contributed by atoms with Gasteiger partial charge in [-0.1, -0.05) is 26.0 Å². The Morgan fingerprint density at radius 3 is 2.45 bits per heavy atom. The van der Waals surface area contributed by atoms with E-state index >= 15 is 0 Å². The molecule has 0 saturated carbocycles. The van der Waals surface area contributed by atoms with Crippen molar-refractivity contribution in [1.29, 1.82) is 0 Å². The van der Waals surface area contributed by atoms with Crippen LogP contribution in [-0.2, 0) is 11.3 Å². The van der Waals surface area contributed by atoms with E-state index in [1.54, 1.807) is 19.1 Å². The lowest BCUT2D eigenvalue weighted by molar-refractivity contribution is -0.132. The molecular formula is C15H25ClN2O2. The predicted molar refractivity (Wildman–Crippen MR) is 84.3 cm³/mol. The number of amides is 1. The zero-order valence-corrected chi connectivity index (χ0v) is 13.7. The Labute approximate surface area is 127 Å². The van der Waals surface area contributed by atoms with Gasteiger partial charge in [0.05, 0.1) is 13.2 Å². The monoisotopic (exact) mass is 300 g/mol. The van der Waals surface area contributed by atoms with E-state index < -0.39 is 6.04 Å². The van der Waals surface area contributed by atoms with E-state index in [2.05, 4.69) is 0 Å². The van der Waals surface area contributed by atoms with Gasteiger partial charge in [-0.3, -0.25) is 4.79 Å². The molecule has 20 heavy (non-hydrogen) atoms. The minimum Gasteiger partial charge on any atom is -0.496 e. The number of methoxy groups -OCH3 is 1. The molecule has 1 amide bonds. The minimum absolute atomic E-state index is 0. The van der Waals surface area contributed by atoms with Gasteiger partial charge < -0.3 is 15.4 Å². The third kappa shape index (κ3) is 4.69. The van der Waals surface area contributed by atoms with Gasteiger partial charge in [-0.15, -0.1) is 12.4 Å². The third-order valence-corrected chi connectivity index (χ3v) is 3.26. The summed E-state index contributed by atoms with van der Waals surface area (Å²) in [5.74, 6) is 0.979. The van der Waals surface area contributed by atoms with Crippen LogP contribution in [0.1, 0.15) is 25.0 Å². The summed E-state index contributed by atoms with van der Waals surface area (Å²) < 4.78 is 5.22. The number of halogens is 1. The molecule has 0 heterocycles. The first-order chi connectivity index (χ1) is 8.86. The van der Waals surface area contributed by atoms with Crippen molar-refractivity contribution in [3.63, 3.8) is 0 Å². The first-order valence-electron chi connectivity index (χ1n) is 6.51. The lowest BCUT2D eigenvalue weighted by Gasteiger charge is -2.23. The second-order valence-corrected chi connectivity index (χ2v) is 5.27. The topological polar surface area (TPSA) is 55.6 Å². The van der Waals surface area contributed by atoms with Crippen molar-refractivity contribution in [2.75, 3.05) is 14.2 Å². The van der Waals surface area contributed by atoms with Gasteiger partial charge in [-0.05, 0) is 30.0 Å². The fourth-order valence-electron chi connectivity index (χ4n) is 1.93. The van der Waals surface area contributed by atoms with Crippen LogP contribution in [0.15, 0.2) is 18.2 Å². The molecule has 0 aliphatic heterocycles. The second kappa shape index (κ2) is 8.12. The highest BCUT2D eigenvalue weighted by atomic mass is 35.5. The van der Waals surface area contributed by atoms with Gasteiger partial charge in [0.1, 0.15) is 5.75 Å². The Morgan fingerprint density at radius 2 is 2.00 bits per heavy atom. The molecule has 1 aromatic rings. The van der Waals surface area contributed by atoms with E-state index in [1.165, 1.54) is 0 Å². The minimum atomic E-state index is -0.440. The molecule has 1 aromatic carbocycles. The van der Waals surface area contributed by atoms with Crippen LogP contribution in [0.4, 0.5) is 0 Å². The third-order valence-electron chi connectivity index (χ3n) is 3.26. The van der Waals surface area contributed by atoms with Gasteiger partial charge in [0, 0.05) is 13.6 Å². The molecular weight excluding hydrogens is 276 g/mol. The van der Waals surface area contributed by atoms with Crippen molar-refractivity contribution >= 4 is 18.3 Å². The van der Waals surface area contributed by atoms with Crippen molar-refractivity contribution in [3.8, 4) is 5.75 Å². The van der Waals surface area contributed by atoms with Crippen molar-refractivity contribution in [2.45, 2.75) is 33.4 Å². The highest BCUT2D eigenvalue weighted by molar-refractivity contribution is 5.85. The van der Waals surface area contributed by atoms with Gasteiger partial charge in [0.25, 0.3) is 0 Å². The van der Waals surface area contributed by atoms with Crippen molar-refractivity contribution in [2.24, 2.45) is 11.7 Å². The van der Waals surface area contributed by atoms with Gasteiger partial charge in [0.2, 0.25) is 5.91 Å². The number of rotatable bonds is 5. The zero-order valence-electron chi connectivity index (χ0n) is 12.8. The van der Waals surface area contributed by atoms with Crippen LogP contribution in [0.5, 0.6) is 5.75 Å². The molecule has 2 N–H and O–H groups in total. The molecule has 0 aliphatic rings. The lowest BCUT2D eigenvalue weighted by Crippen LogP contribution is -2.44.